The summed E-state index contributed by atoms with van der Waals surface area (Å²) in [4.78, 5) is 7.32. The number of ether oxygens (including phenoxy) is 2. The number of allylic oxidation sites excluding steroid dienone is 1. The molecule has 2 aliphatic rings. The average Bonchev–Trinajstić information content (AvgIpc) is 3.61. The highest BCUT2D eigenvalue weighted by Gasteiger charge is 2.47. The summed E-state index contributed by atoms with van der Waals surface area (Å²) in [5.74, 6) is 2.74. The number of benzene rings is 2. The molecule has 2 fully saturated rings. The van der Waals surface area contributed by atoms with Gasteiger partial charge in [-0.2, -0.15) is 0 Å². The minimum atomic E-state index is -0.0290. The van der Waals surface area contributed by atoms with Crippen LogP contribution in [0.2, 0.25) is 0 Å². The third-order valence-corrected chi connectivity index (χ3v) is 6.28. The highest BCUT2D eigenvalue weighted by Crippen LogP contribution is 2.53. The lowest BCUT2D eigenvalue weighted by molar-refractivity contribution is 0.122. The van der Waals surface area contributed by atoms with E-state index in [0.29, 0.717) is 0 Å². The van der Waals surface area contributed by atoms with Crippen molar-refractivity contribution in [1.29, 1.82) is 0 Å². The number of hydrogen-bond donors (Lipinski definition) is 1. The van der Waals surface area contributed by atoms with E-state index in [2.05, 4.69) is 59.3 Å². The molecule has 1 saturated carbocycles. The fourth-order valence-electron chi connectivity index (χ4n) is 4.33. The van der Waals surface area contributed by atoms with E-state index in [9.17, 15) is 0 Å². The fourth-order valence-corrected chi connectivity index (χ4v) is 4.33. The summed E-state index contributed by atoms with van der Waals surface area (Å²) in [5.41, 5.74) is 2.25. The third kappa shape index (κ3) is 3.39. The van der Waals surface area contributed by atoms with Crippen LogP contribution in [-0.2, 0) is 10.2 Å². The second-order valence-corrected chi connectivity index (χ2v) is 8.07. The zero-order chi connectivity index (χ0) is 20.6. The molecule has 2 aromatic carbocycles. The maximum atomic E-state index is 5.54. The van der Waals surface area contributed by atoms with Gasteiger partial charge in [0.2, 0.25) is 0 Å². The largest absolute Gasteiger partial charge is 0.497 e. The van der Waals surface area contributed by atoms with E-state index in [0.717, 1.165) is 62.2 Å². The van der Waals surface area contributed by atoms with Crippen molar-refractivity contribution in [3.63, 3.8) is 0 Å². The van der Waals surface area contributed by atoms with Gasteiger partial charge in [0, 0.05) is 29.6 Å². The highest BCUT2D eigenvalue weighted by atomic mass is 16.5. The third-order valence-electron chi connectivity index (χ3n) is 6.28. The van der Waals surface area contributed by atoms with E-state index in [1.807, 2.05) is 12.1 Å². The summed E-state index contributed by atoms with van der Waals surface area (Å²) in [6, 6.07) is 18.9. The predicted octanol–water partition coefficient (Wildman–Crippen LogP) is 4.74. The molecule has 0 amide bonds. The monoisotopic (exact) mass is 401 g/mol. The Morgan fingerprint density at radius 3 is 2.53 bits per heavy atom. The predicted molar refractivity (Wildman–Crippen MR) is 121 cm³/mol. The van der Waals surface area contributed by atoms with Crippen molar-refractivity contribution in [1.82, 2.24) is 4.98 Å². The van der Waals surface area contributed by atoms with Crippen molar-refractivity contribution in [3.8, 4) is 5.75 Å². The molecule has 1 aromatic heterocycles. The van der Waals surface area contributed by atoms with Gasteiger partial charge in [0.15, 0.2) is 0 Å². The summed E-state index contributed by atoms with van der Waals surface area (Å²) in [5, 5.41) is 5.90. The van der Waals surface area contributed by atoms with Gasteiger partial charge in [-0.1, -0.05) is 43.0 Å². The molecule has 0 atom stereocenters. The van der Waals surface area contributed by atoms with Crippen LogP contribution in [0, 0.1) is 0 Å². The first-order valence-electron chi connectivity index (χ1n) is 10.5. The molecule has 30 heavy (non-hydrogen) atoms. The van der Waals surface area contributed by atoms with Crippen LogP contribution in [0.1, 0.15) is 18.4 Å². The number of anilines is 2. The molecular weight excluding hydrogens is 374 g/mol. The van der Waals surface area contributed by atoms with Gasteiger partial charge in [-0.05, 0) is 42.0 Å². The second kappa shape index (κ2) is 7.65. The van der Waals surface area contributed by atoms with Crippen LogP contribution in [0.4, 0.5) is 11.6 Å². The molecular formula is C25H27N3O2. The van der Waals surface area contributed by atoms with Gasteiger partial charge in [-0.15, -0.1) is 0 Å². The number of fused-ring (bicyclic) bond motifs is 1. The topological polar surface area (TPSA) is 46.6 Å². The van der Waals surface area contributed by atoms with Crippen molar-refractivity contribution in [2.45, 2.75) is 18.3 Å². The number of hydrogen-bond acceptors (Lipinski definition) is 5. The molecule has 5 heteroatoms. The summed E-state index contributed by atoms with van der Waals surface area (Å²) >= 11 is 0. The number of nitrogens with one attached hydrogen (secondary N) is 1. The Morgan fingerprint density at radius 1 is 1.10 bits per heavy atom. The van der Waals surface area contributed by atoms with Crippen LogP contribution in [0.5, 0.6) is 5.75 Å². The first-order chi connectivity index (χ1) is 14.7. The SMILES string of the molecule is C=C(Nc1cc2ccccc2c(N2CCOCC2)n1)C1(c2ccc(OC)cc2)CC1. The molecule has 1 aliphatic heterocycles. The Bertz CT molecular complexity index is 1070. The van der Waals surface area contributed by atoms with Crippen molar-refractivity contribution in [3.05, 3.63) is 72.4 Å². The zero-order valence-electron chi connectivity index (χ0n) is 17.4. The van der Waals surface area contributed by atoms with Crippen molar-refractivity contribution in [2.75, 3.05) is 43.6 Å². The van der Waals surface area contributed by atoms with E-state index >= 15 is 0 Å². The number of pyridine rings is 1. The Kier molecular flexibility index (Phi) is 4.83. The molecule has 1 aliphatic carbocycles. The van der Waals surface area contributed by atoms with Gasteiger partial charge in [0.05, 0.1) is 20.3 Å². The molecule has 0 unspecified atom stereocenters. The fraction of sp³-hybridized carbons (Fsp3) is 0.320. The first kappa shape index (κ1) is 18.9. The van der Waals surface area contributed by atoms with E-state index in [1.165, 1.54) is 16.3 Å². The minimum absolute atomic E-state index is 0.0290. The number of morpholine rings is 1. The van der Waals surface area contributed by atoms with Gasteiger partial charge < -0.3 is 19.7 Å². The molecule has 0 radical (unpaired) electrons. The Balaban J connectivity index is 1.45. The number of aromatic nitrogens is 1. The second-order valence-electron chi connectivity index (χ2n) is 8.07. The van der Waals surface area contributed by atoms with Crippen LogP contribution in [0.3, 0.4) is 0 Å². The zero-order valence-corrected chi connectivity index (χ0v) is 17.4. The number of methoxy groups -OCH3 is 1. The average molecular weight is 402 g/mol. The Labute approximate surface area is 177 Å². The maximum absolute atomic E-state index is 5.54. The summed E-state index contributed by atoms with van der Waals surface area (Å²) in [6.07, 6.45) is 2.18. The Morgan fingerprint density at radius 2 is 1.83 bits per heavy atom. The van der Waals surface area contributed by atoms with Crippen LogP contribution in [0.15, 0.2) is 66.9 Å². The van der Waals surface area contributed by atoms with Crippen LogP contribution in [0.25, 0.3) is 10.8 Å². The first-order valence-corrected chi connectivity index (χ1v) is 10.5. The van der Waals surface area contributed by atoms with Gasteiger partial charge in [-0.3, -0.25) is 0 Å². The standard InChI is InChI=1S/C25H27N3O2/c1-18(25(11-12-25)20-7-9-21(29-2)10-8-20)26-23-17-19-5-3-4-6-22(19)24(27-23)28-13-15-30-16-14-28/h3-10,17H,1,11-16H2,2H3,(H,26,27). The van der Waals surface area contributed by atoms with Crippen molar-refractivity contribution >= 4 is 22.4 Å². The highest BCUT2D eigenvalue weighted by molar-refractivity contribution is 5.94. The normalized spacial score (nSPS) is 17.6. The summed E-state index contributed by atoms with van der Waals surface area (Å²) in [7, 11) is 1.69. The maximum Gasteiger partial charge on any atom is 0.139 e. The Hall–Kier alpha value is -3.05. The van der Waals surface area contributed by atoms with Gasteiger partial charge in [0.25, 0.3) is 0 Å². The van der Waals surface area contributed by atoms with Crippen molar-refractivity contribution < 1.29 is 9.47 Å². The summed E-state index contributed by atoms with van der Waals surface area (Å²) < 4.78 is 10.8. The molecule has 154 valence electrons. The van der Waals surface area contributed by atoms with E-state index in [4.69, 9.17) is 14.5 Å². The minimum Gasteiger partial charge on any atom is -0.497 e. The lowest BCUT2D eigenvalue weighted by atomic mass is 9.92. The van der Waals surface area contributed by atoms with Gasteiger partial charge in [-0.25, -0.2) is 4.98 Å². The molecule has 5 nitrogen and oxygen atoms in total. The lowest BCUT2D eigenvalue weighted by Gasteiger charge is -2.29. The molecule has 1 N–H and O–H groups in total. The molecule has 0 bridgehead atoms. The van der Waals surface area contributed by atoms with Crippen LogP contribution >= 0.6 is 0 Å². The molecule has 2 heterocycles. The van der Waals surface area contributed by atoms with Crippen LogP contribution in [-0.4, -0.2) is 38.4 Å². The smallest absolute Gasteiger partial charge is 0.139 e. The van der Waals surface area contributed by atoms with Crippen molar-refractivity contribution in [2.24, 2.45) is 0 Å². The number of rotatable bonds is 6. The van der Waals surface area contributed by atoms with E-state index in [1.54, 1.807) is 7.11 Å². The quantitative estimate of drug-likeness (QED) is 0.647. The molecule has 3 aromatic rings. The summed E-state index contributed by atoms with van der Waals surface area (Å²) in [6.45, 7) is 7.60. The molecule has 0 spiro atoms. The number of nitrogens with zero attached hydrogens (tertiary/aromatic N) is 2. The van der Waals surface area contributed by atoms with E-state index in [-0.39, 0.29) is 5.41 Å². The molecule has 1 saturated heterocycles. The lowest BCUT2D eigenvalue weighted by Crippen LogP contribution is -2.37. The van der Waals surface area contributed by atoms with Gasteiger partial charge in [0.1, 0.15) is 17.4 Å². The van der Waals surface area contributed by atoms with Gasteiger partial charge >= 0.3 is 0 Å². The van der Waals surface area contributed by atoms with Crippen LogP contribution < -0.4 is 15.0 Å². The van der Waals surface area contributed by atoms with E-state index < -0.39 is 0 Å². The molecule has 5 rings (SSSR count).